The Bertz CT molecular complexity index is 1420. The SMILES string of the molecule is O=C(O)c1ccc(CN2C(=O)C(O)=C(C(=O)c3cc4ccccc4o3)C2c2ccccc2)cc1. The van der Waals surface area contributed by atoms with Gasteiger partial charge in [0.25, 0.3) is 5.91 Å². The predicted molar refractivity (Wildman–Crippen MR) is 123 cm³/mol. The summed E-state index contributed by atoms with van der Waals surface area (Å²) >= 11 is 0. The van der Waals surface area contributed by atoms with E-state index in [1.807, 2.05) is 18.2 Å². The fourth-order valence-electron chi connectivity index (χ4n) is 4.21. The summed E-state index contributed by atoms with van der Waals surface area (Å²) in [6, 6.07) is 23.0. The van der Waals surface area contributed by atoms with Crippen molar-refractivity contribution in [2.24, 2.45) is 0 Å². The smallest absolute Gasteiger partial charge is 0.335 e. The molecule has 0 aliphatic carbocycles. The highest BCUT2D eigenvalue weighted by atomic mass is 16.4. The van der Waals surface area contributed by atoms with Crippen molar-refractivity contribution in [3.63, 3.8) is 0 Å². The molecule has 7 heteroatoms. The van der Waals surface area contributed by atoms with Crippen LogP contribution in [0.3, 0.4) is 0 Å². The first kappa shape index (κ1) is 21.2. The molecule has 4 aromatic rings. The highest BCUT2D eigenvalue weighted by molar-refractivity contribution is 6.16. The Labute approximate surface area is 194 Å². The Kier molecular flexibility index (Phi) is 5.22. The van der Waals surface area contributed by atoms with Gasteiger partial charge in [0.05, 0.1) is 17.2 Å². The van der Waals surface area contributed by atoms with Gasteiger partial charge >= 0.3 is 5.97 Å². The molecule has 2 N–H and O–H groups in total. The fourth-order valence-corrected chi connectivity index (χ4v) is 4.21. The first-order valence-corrected chi connectivity index (χ1v) is 10.6. The molecule has 7 nitrogen and oxygen atoms in total. The van der Waals surface area contributed by atoms with Crippen molar-refractivity contribution < 1.29 is 29.0 Å². The molecule has 0 fully saturated rings. The molecule has 168 valence electrons. The number of carboxylic acids is 1. The van der Waals surface area contributed by atoms with Gasteiger partial charge in [-0.25, -0.2) is 4.79 Å². The minimum atomic E-state index is -1.05. The maximum absolute atomic E-state index is 13.5. The van der Waals surface area contributed by atoms with E-state index in [2.05, 4.69) is 0 Å². The van der Waals surface area contributed by atoms with E-state index in [1.165, 1.54) is 17.0 Å². The number of aliphatic hydroxyl groups is 1. The Morgan fingerprint density at radius 1 is 0.912 bits per heavy atom. The minimum absolute atomic E-state index is 0.0316. The van der Waals surface area contributed by atoms with Crippen LogP contribution in [0.25, 0.3) is 11.0 Å². The molecule has 5 rings (SSSR count). The number of amides is 1. The molecule has 1 atom stereocenters. The zero-order chi connectivity index (χ0) is 23.8. The number of fused-ring (bicyclic) bond motifs is 1. The highest BCUT2D eigenvalue weighted by Gasteiger charge is 2.44. The number of carbonyl (C=O) groups excluding carboxylic acids is 2. The van der Waals surface area contributed by atoms with Crippen LogP contribution in [0.1, 0.15) is 38.1 Å². The van der Waals surface area contributed by atoms with Gasteiger partial charge in [0.15, 0.2) is 11.5 Å². The number of aliphatic hydroxyl groups excluding tert-OH is 1. The number of Topliss-reactive ketones (excluding diaryl/α,β-unsaturated/α-hetero) is 1. The molecule has 1 aromatic heterocycles. The number of ketones is 1. The first-order valence-electron chi connectivity index (χ1n) is 10.6. The molecule has 1 amide bonds. The fraction of sp³-hybridized carbons (Fsp3) is 0.0741. The van der Waals surface area contributed by atoms with Gasteiger partial charge in [-0.2, -0.15) is 0 Å². The van der Waals surface area contributed by atoms with E-state index in [9.17, 15) is 19.5 Å². The second-order valence-electron chi connectivity index (χ2n) is 7.99. The van der Waals surface area contributed by atoms with Gasteiger partial charge in [-0.3, -0.25) is 9.59 Å². The summed E-state index contributed by atoms with van der Waals surface area (Å²) in [6.07, 6.45) is 0. The molecule has 34 heavy (non-hydrogen) atoms. The molecule has 0 saturated carbocycles. The number of hydrogen-bond donors (Lipinski definition) is 2. The monoisotopic (exact) mass is 453 g/mol. The normalized spacial score (nSPS) is 15.8. The van der Waals surface area contributed by atoms with Gasteiger partial charge in [0.2, 0.25) is 5.78 Å². The Balaban J connectivity index is 1.55. The Morgan fingerprint density at radius 3 is 2.26 bits per heavy atom. The number of rotatable bonds is 6. The summed E-state index contributed by atoms with van der Waals surface area (Å²) in [4.78, 5) is 39.2. The average Bonchev–Trinajstić information content (AvgIpc) is 3.39. The van der Waals surface area contributed by atoms with Crippen LogP contribution in [-0.4, -0.2) is 32.8 Å². The summed E-state index contributed by atoms with van der Waals surface area (Å²) in [5.41, 5.74) is 1.91. The minimum Gasteiger partial charge on any atom is -0.503 e. The average molecular weight is 453 g/mol. The maximum Gasteiger partial charge on any atom is 0.335 e. The van der Waals surface area contributed by atoms with E-state index < -0.39 is 29.5 Å². The number of para-hydroxylation sites is 1. The van der Waals surface area contributed by atoms with Crippen LogP contribution < -0.4 is 0 Å². The summed E-state index contributed by atoms with van der Waals surface area (Å²) in [7, 11) is 0. The quantitative estimate of drug-likeness (QED) is 0.402. The first-order chi connectivity index (χ1) is 16.4. The van der Waals surface area contributed by atoms with Gasteiger partial charge in [-0.15, -0.1) is 0 Å². The largest absolute Gasteiger partial charge is 0.503 e. The van der Waals surface area contributed by atoms with Crippen molar-refractivity contribution in [3.8, 4) is 0 Å². The molecule has 2 heterocycles. The van der Waals surface area contributed by atoms with Crippen molar-refractivity contribution in [2.45, 2.75) is 12.6 Å². The molecule has 0 radical (unpaired) electrons. The van der Waals surface area contributed by atoms with E-state index >= 15 is 0 Å². The molecule has 3 aromatic carbocycles. The maximum atomic E-state index is 13.5. The van der Waals surface area contributed by atoms with Crippen LogP contribution in [0.15, 0.2) is 101 Å². The van der Waals surface area contributed by atoms with Crippen LogP contribution in [0.5, 0.6) is 0 Å². The molecule has 0 bridgehead atoms. The molecule has 1 aliphatic rings. The van der Waals surface area contributed by atoms with E-state index in [4.69, 9.17) is 9.52 Å². The summed E-state index contributed by atoms with van der Waals surface area (Å²) in [5.74, 6) is -2.90. The van der Waals surface area contributed by atoms with Gasteiger partial charge in [0, 0.05) is 11.9 Å². The van der Waals surface area contributed by atoms with E-state index in [1.54, 1.807) is 54.6 Å². The predicted octanol–water partition coefficient (Wildman–Crippen LogP) is 4.91. The number of nitrogens with zero attached hydrogens (tertiary/aromatic N) is 1. The number of furan rings is 1. The van der Waals surface area contributed by atoms with Crippen molar-refractivity contribution in [1.29, 1.82) is 0 Å². The summed E-state index contributed by atoms with van der Waals surface area (Å²) in [6.45, 7) is 0.0687. The van der Waals surface area contributed by atoms with Crippen molar-refractivity contribution in [3.05, 3.63) is 119 Å². The van der Waals surface area contributed by atoms with Crippen molar-refractivity contribution >= 4 is 28.6 Å². The Hall–Kier alpha value is -4.65. The lowest BCUT2D eigenvalue weighted by Crippen LogP contribution is -2.30. The van der Waals surface area contributed by atoms with Crippen LogP contribution >= 0.6 is 0 Å². The van der Waals surface area contributed by atoms with Gasteiger partial charge in [0.1, 0.15) is 5.58 Å². The molecule has 1 unspecified atom stereocenters. The van der Waals surface area contributed by atoms with Crippen molar-refractivity contribution in [1.82, 2.24) is 4.90 Å². The molecule has 1 aliphatic heterocycles. The summed E-state index contributed by atoms with van der Waals surface area (Å²) in [5, 5.41) is 20.7. The zero-order valence-corrected chi connectivity index (χ0v) is 17.8. The lowest BCUT2D eigenvalue weighted by molar-refractivity contribution is -0.130. The van der Waals surface area contributed by atoms with Crippen molar-refractivity contribution in [2.75, 3.05) is 0 Å². The van der Waals surface area contributed by atoms with Crippen LogP contribution in [0.2, 0.25) is 0 Å². The molecule has 0 saturated heterocycles. The third kappa shape index (κ3) is 3.63. The third-order valence-corrected chi connectivity index (χ3v) is 5.87. The highest BCUT2D eigenvalue weighted by Crippen LogP contribution is 2.40. The van der Waals surface area contributed by atoms with E-state index in [0.29, 0.717) is 16.7 Å². The number of aromatic carboxylic acids is 1. The number of benzene rings is 3. The standard InChI is InChI=1S/C27H19NO6/c29-24(21-14-19-8-4-5-9-20(19)34-21)22-23(17-6-2-1-3-7-17)28(26(31)25(22)30)15-16-10-12-18(13-11-16)27(32)33/h1-14,23,30H,15H2,(H,32,33). The molecular weight excluding hydrogens is 434 g/mol. The van der Waals surface area contributed by atoms with E-state index in [0.717, 1.165) is 5.39 Å². The lowest BCUT2D eigenvalue weighted by atomic mass is 9.95. The van der Waals surface area contributed by atoms with Gasteiger partial charge in [-0.1, -0.05) is 60.7 Å². The third-order valence-electron chi connectivity index (χ3n) is 5.87. The van der Waals surface area contributed by atoms with E-state index in [-0.39, 0.29) is 23.4 Å². The van der Waals surface area contributed by atoms with Crippen LogP contribution in [-0.2, 0) is 11.3 Å². The summed E-state index contributed by atoms with van der Waals surface area (Å²) < 4.78 is 5.72. The van der Waals surface area contributed by atoms with Crippen LogP contribution in [0.4, 0.5) is 0 Å². The number of hydrogen-bond acceptors (Lipinski definition) is 5. The van der Waals surface area contributed by atoms with Crippen LogP contribution in [0, 0.1) is 0 Å². The molecular formula is C27H19NO6. The topological polar surface area (TPSA) is 108 Å². The zero-order valence-electron chi connectivity index (χ0n) is 17.8. The second kappa shape index (κ2) is 8.37. The molecule has 0 spiro atoms. The lowest BCUT2D eigenvalue weighted by Gasteiger charge is -2.26. The second-order valence-corrected chi connectivity index (χ2v) is 7.99. The number of carboxylic acid groups (broad SMARTS) is 1. The van der Waals surface area contributed by atoms with Gasteiger partial charge < -0.3 is 19.5 Å². The van der Waals surface area contributed by atoms with Gasteiger partial charge in [-0.05, 0) is 35.4 Å². The Morgan fingerprint density at radius 2 is 1.59 bits per heavy atom. The number of carbonyl (C=O) groups is 3.